The number of amides is 1. The Morgan fingerprint density at radius 2 is 2.03 bits per heavy atom. The molecule has 6 nitrogen and oxygen atoms in total. The number of nitrogens with one attached hydrogen (secondary N) is 1. The Labute approximate surface area is 177 Å². The Hall–Kier alpha value is -1.89. The van der Waals surface area contributed by atoms with Crippen LogP contribution in [0.15, 0.2) is 36.7 Å². The van der Waals surface area contributed by atoms with Gasteiger partial charge in [-0.3, -0.25) is 4.79 Å². The van der Waals surface area contributed by atoms with Crippen molar-refractivity contribution in [3.05, 3.63) is 47.5 Å². The lowest BCUT2D eigenvalue weighted by Crippen LogP contribution is -2.53. The maximum Gasteiger partial charge on any atom is 0.255 e. The number of hydrogen-bond donors (Lipinski definition) is 1. The van der Waals surface area contributed by atoms with E-state index in [1.807, 2.05) is 12.4 Å². The quantitative estimate of drug-likeness (QED) is 0.802. The number of nitrogens with zero attached hydrogens (tertiary/aromatic N) is 3. The summed E-state index contributed by atoms with van der Waals surface area (Å²) in [6.45, 7) is 8.04. The highest BCUT2D eigenvalue weighted by atomic mass is 35.5. The van der Waals surface area contributed by atoms with Gasteiger partial charge in [0.2, 0.25) is 0 Å². The molecular weight excluding hydrogens is 388 g/mol. The van der Waals surface area contributed by atoms with E-state index >= 15 is 0 Å². The minimum absolute atomic E-state index is 0.131. The van der Waals surface area contributed by atoms with Crippen molar-refractivity contribution in [3.8, 4) is 0 Å². The van der Waals surface area contributed by atoms with Gasteiger partial charge in [0, 0.05) is 36.2 Å². The zero-order chi connectivity index (χ0) is 20.4. The number of piperidine rings is 1. The zero-order valence-electron chi connectivity index (χ0n) is 17.1. The Balaban J connectivity index is 1.46. The molecule has 156 valence electrons. The van der Waals surface area contributed by atoms with E-state index in [1.54, 1.807) is 24.3 Å². The number of carbonyl (C=O) groups excluding carboxylic acids is 1. The molecule has 0 unspecified atom stereocenters. The summed E-state index contributed by atoms with van der Waals surface area (Å²) in [5, 5.41) is 3.60. The number of ether oxygens (including phenoxy) is 1. The van der Waals surface area contributed by atoms with E-state index in [0.29, 0.717) is 17.5 Å². The van der Waals surface area contributed by atoms with Crippen LogP contribution in [0.5, 0.6) is 0 Å². The first kappa shape index (κ1) is 20.4. The van der Waals surface area contributed by atoms with E-state index in [4.69, 9.17) is 16.3 Å². The van der Waals surface area contributed by atoms with Crippen molar-refractivity contribution in [3.63, 3.8) is 0 Å². The van der Waals surface area contributed by atoms with Crippen LogP contribution in [0, 0.1) is 5.92 Å². The highest BCUT2D eigenvalue weighted by Gasteiger charge is 2.47. The van der Waals surface area contributed by atoms with Crippen LogP contribution in [0.1, 0.15) is 38.9 Å². The van der Waals surface area contributed by atoms with Gasteiger partial charge in [0.05, 0.1) is 6.54 Å². The molecule has 29 heavy (non-hydrogen) atoms. The first-order valence-electron chi connectivity index (χ1n) is 10.4. The van der Waals surface area contributed by atoms with Gasteiger partial charge < -0.3 is 19.5 Å². The third kappa shape index (κ3) is 4.49. The summed E-state index contributed by atoms with van der Waals surface area (Å²) in [7, 11) is 0. The monoisotopic (exact) mass is 416 g/mol. The largest absolute Gasteiger partial charge is 0.352 e. The van der Waals surface area contributed by atoms with Crippen LogP contribution in [-0.2, 0) is 21.7 Å². The Bertz CT molecular complexity index is 841. The van der Waals surface area contributed by atoms with Crippen LogP contribution >= 0.6 is 11.6 Å². The van der Waals surface area contributed by atoms with Crippen molar-refractivity contribution in [2.24, 2.45) is 5.92 Å². The third-order valence-corrected chi connectivity index (χ3v) is 6.20. The number of likely N-dealkylation sites (tertiary alicyclic amines) is 1. The van der Waals surface area contributed by atoms with Gasteiger partial charge in [-0.05, 0) is 56.0 Å². The van der Waals surface area contributed by atoms with Crippen LogP contribution in [0.2, 0.25) is 5.02 Å². The summed E-state index contributed by atoms with van der Waals surface area (Å²) < 4.78 is 8.57. The average Bonchev–Trinajstić information content (AvgIpc) is 3.19. The molecule has 0 radical (unpaired) electrons. The Kier molecular flexibility index (Phi) is 5.95. The lowest BCUT2D eigenvalue weighted by atomic mass is 9.88. The number of anilines is 1. The molecule has 1 aromatic heterocycles. The Morgan fingerprint density at radius 1 is 1.31 bits per heavy atom. The smallest absolute Gasteiger partial charge is 0.255 e. The SMILES string of the molecule is CC(C)CCN1CCC2(CC1)O[C@@H](C(=O)Nc1ccc(Cl)cc1)Cn1ccnc12. The molecule has 3 heterocycles. The van der Waals surface area contributed by atoms with E-state index in [2.05, 4.69) is 33.6 Å². The molecule has 0 aliphatic carbocycles. The number of aromatic nitrogens is 2. The fourth-order valence-electron chi connectivity index (χ4n) is 4.21. The first-order chi connectivity index (χ1) is 13.9. The predicted molar refractivity (Wildman–Crippen MR) is 114 cm³/mol. The van der Waals surface area contributed by atoms with E-state index in [0.717, 1.165) is 44.0 Å². The average molecular weight is 417 g/mol. The molecule has 7 heteroatoms. The molecule has 1 atom stereocenters. The first-order valence-corrected chi connectivity index (χ1v) is 10.8. The highest BCUT2D eigenvalue weighted by molar-refractivity contribution is 6.30. The van der Waals surface area contributed by atoms with Crippen LogP contribution in [-0.4, -0.2) is 46.1 Å². The molecular formula is C22H29ClN4O2. The van der Waals surface area contributed by atoms with E-state index in [-0.39, 0.29) is 5.91 Å². The summed E-state index contributed by atoms with van der Waals surface area (Å²) in [4.78, 5) is 20.0. The number of hydrogen-bond acceptors (Lipinski definition) is 4. The van der Waals surface area contributed by atoms with Crippen molar-refractivity contribution in [2.45, 2.75) is 51.4 Å². The summed E-state index contributed by atoms with van der Waals surface area (Å²) in [5.41, 5.74) is 0.231. The molecule has 1 fully saturated rings. The number of rotatable bonds is 5. The molecule has 4 rings (SSSR count). The molecule has 2 aromatic rings. The summed E-state index contributed by atoms with van der Waals surface area (Å²) in [6, 6.07) is 7.13. The fraction of sp³-hybridized carbons (Fsp3) is 0.545. The molecule has 2 aliphatic rings. The highest BCUT2D eigenvalue weighted by Crippen LogP contribution is 2.40. The summed E-state index contributed by atoms with van der Waals surface area (Å²) in [6.07, 6.45) is 6.13. The lowest BCUT2D eigenvalue weighted by Gasteiger charge is -2.45. The molecule has 1 aromatic carbocycles. The summed E-state index contributed by atoms with van der Waals surface area (Å²) in [5.74, 6) is 1.53. The number of halogens is 1. The van der Waals surface area contributed by atoms with Crippen LogP contribution in [0.4, 0.5) is 5.69 Å². The minimum Gasteiger partial charge on any atom is -0.352 e. The van der Waals surface area contributed by atoms with Gasteiger partial charge >= 0.3 is 0 Å². The van der Waals surface area contributed by atoms with Gasteiger partial charge in [0.25, 0.3) is 5.91 Å². The van der Waals surface area contributed by atoms with Crippen molar-refractivity contribution in [2.75, 3.05) is 25.0 Å². The van der Waals surface area contributed by atoms with Gasteiger partial charge in [-0.15, -0.1) is 0 Å². The zero-order valence-corrected chi connectivity index (χ0v) is 17.9. The van der Waals surface area contributed by atoms with Gasteiger partial charge in [-0.1, -0.05) is 25.4 Å². The van der Waals surface area contributed by atoms with Gasteiger partial charge in [-0.2, -0.15) is 0 Å². The molecule has 1 saturated heterocycles. The molecule has 2 aliphatic heterocycles. The number of carbonyl (C=O) groups is 1. The van der Waals surface area contributed by atoms with E-state index < -0.39 is 11.7 Å². The second-order valence-corrected chi connectivity index (χ2v) is 8.96. The van der Waals surface area contributed by atoms with Gasteiger partial charge in [0.15, 0.2) is 6.10 Å². The normalized spacial score (nSPS) is 21.3. The van der Waals surface area contributed by atoms with Gasteiger partial charge in [0.1, 0.15) is 11.4 Å². The maximum absolute atomic E-state index is 12.9. The van der Waals surface area contributed by atoms with Gasteiger partial charge in [-0.25, -0.2) is 4.98 Å². The van der Waals surface area contributed by atoms with Crippen molar-refractivity contribution in [1.29, 1.82) is 0 Å². The second-order valence-electron chi connectivity index (χ2n) is 8.52. The fourth-order valence-corrected chi connectivity index (χ4v) is 4.34. The van der Waals surface area contributed by atoms with E-state index in [9.17, 15) is 4.79 Å². The van der Waals surface area contributed by atoms with E-state index in [1.165, 1.54) is 6.42 Å². The van der Waals surface area contributed by atoms with Crippen LogP contribution in [0.3, 0.4) is 0 Å². The third-order valence-electron chi connectivity index (χ3n) is 5.94. The second kappa shape index (κ2) is 8.46. The topological polar surface area (TPSA) is 59.4 Å². The summed E-state index contributed by atoms with van der Waals surface area (Å²) >= 11 is 5.94. The van der Waals surface area contributed by atoms with Crippen LogP contribution in [0.25, 0.3) is 0 Å². The standard InChI is InChI=1S/C22H29ClN4O2/c1-16(2)7-11-26-12-8-22(9-13-26)21-24-10-14-27(21)15-19(29-22)20(28)25-18-5-3-17(23)4-6-18/h3-6,10,14,16,19H,7-9,11-13,15H2,1-2H3,(H,25,28)/t19-/m1/s1. The molecule has 0 saturated carbocycles. The minimum atomic E-state index is -0.547. The predicted octanol–water partition coefficient (Wildman–Crippen LogP) is 3.91. The number of fused-ring (bicyclic) bond motifs is 2. The van der Waals surface area contributed by atoms with Crippen molar-refractivity contribution >= 4 is 23.2 Å². The number of benzene rings is 1. The maximum atomic E-state index is 12.9. The molecule has 1 amide bonds. The molecule has 0 bridgehead atoms. The van der Waals surface area contributed by atoms with Crippen molar-refractivity contribution < 1.29 is 9.53 Å². The lowest BCUT2D eigenvalue weighted by molar-refractivity contribution is -0.169. The number of imidazole rings is 1. The Morgan fingerprint density at radius 3 is 2.72 bits per heavy atom. The van der Waals surface area contributed by atoms with Crippen molar-refractivity contribution in [1.82, 2.24) is 14.5 Å². The van der Waals surface area contributed by atoms with Crippen LogP contribution < -0.4 is 5.32 Å². The molecule has 1 spiro atoms. The molecule has 1 N–H and O–H groups in total.